The minimum absolute atomic E-state index is 0. The molecule has 5 heavy (non-hydrogen) atoms. The van der Waals surface area contributed by atoms with Crippen LogP contribution >= 0.6 is 0 Å². The maximum absolute atomic E-state index is 8.60. The molecule has 0 atom stereocenters. The molecule has 0 bridgehead atoms. The molecule has 0 aliphatic rings. The predicted molar refractivity (Wildman–Crippen MR) is 9.21 cm³/mol. The van der Waals surface area contributed by atoms with Gasteiger partial charge in [0, 0.05) is 0 Å². The third kappa shape index (κ3) is 39.0. The summed E-state index contributed by atoms with van der Waals surface area (Å²) in [4.78, 5) is 0. The van der Waals surface area contributed by atoms with Gasteiger partial charge in [-0.1, -0.05) is 0 Å². The van der Waals surface area contributed by atoms with Crippen LogP contribution in [0.1, 0.15) is 0 Å². The Kier molecular flexibility index (Phi) is 9.73. The van der Waals surface area contributed by atoms with E-state index in [0.717, 1.165) is 0 Å². The van der Waals surface area contributed by atoms with E-state index in [9.17, 15) is 0 Å². The van der Waals surface area contributed by atoms with Gasteiger partial charge in [-0.3, -0.25) is 0 Å². The molecule has 3 nitrogen and oxygen atoms in total. The Morgan fingerprint density at radius 1 is 1.00 bits per heavy atom. The van der Waals surface area contributed by atoms with Crippen LogP contribution < -0.4 is 0 Å². The van der Waals surface area contributed by atoms with E-state index in [1.165, 1.54) is 0 Å². The van der Waals surface area contributed by atoms with Crippen LogP contribution in [0.25, 0.3) is 0 Å². The van der Waals surface area contributed by atoms with E-state index in [1.807, 2.05) is 0 Å². The summed E-state index contributed by atoms with van der Waals surface area (Å²) in [7, 11) is 0. The summed E-state index contributed by atoms with van der Waals surface area (Å²) in [6.45, 7) is 0. The van der Waals surface area contributed by atoms with Crippen LogP contribution in [0.4, 0.5) is 0 Å². The fourth-order valence-corrected chi connectivity index (χ4v) is 0. The molecule has 0 aromatic rings. The van der Waals surface area contributed by atoms with Gasteiger partial charge in [-0.25, -0.2) is 0 Å². The Morgan fingerprint density at radius 3 is 1.00 bits per heavy atom. The van der Waals surface area contributed by atoms with Crippen molar-refractivity contribution < 1.29 is 28.1 Å². The van der Waals surface area contributed by atoms with Crippen molar-refractivity contribution in [3.05, 3.63) is 0 Å². The Hall–Kier alpha value is 1.14. The van der Waals surface area contributed by atoms with Crippen molar-refractivity contribution in [1.82, 2.24) is 0 Å². The SMILES string of the molecule is [NaH].[O]=[Nb](=[O])=[O]. The molecule has 0 aliphatic heterocycles. The van der Waals surface area contributed by atoms with Crippen molar-refractivity contribution in [3.63, 3.8) is 0 Å². The van der Waals surface area contributed by atoms with Gasteiger partial charge in [0.2, 0.25) is 0 Å². The first kappa shape index (κ1) is 9.46. The number of hydrogen-bond donors (Lipinski definition) is 0. The molecule has 0 fully saturated rings. The summed E-state index contributed by atoms with van der Waals surface area (Å²) in [6.07, 6.45) is 0. The van der Waals surface area contributed by atoms with Crippen LogP contribution in [0.2, 0.25) is 0 Å². The zero-order valence-corrected chi connectivity index (χ0v) is 3.87. The molecule has 5 heteroatoms. The first-order valence-electron chi connectivity index (χ1n) is 0.548. The van der Waals surface area contributed by atoms with Crippen molar-refractivity contribution in [3.8, 4) is 0 Å². The Balaban J connectivity index is 0. The second-order valence-electron chi connectivity index (χ2n) is 0.224. The molecule has 0 amide bonds. The van der Waals surface area contributed by atoms with Crippen molar-refractivity contribution >= 4 is 29.6 Å². The average Bonchev–Trinajstić information content (AvgIpc) is 0.811. The fourth-order valence-electron chi connectivity index (χ4n) is 0. The van der Waals surface area contributed by atoms with E-state index < -0.39 is 18.4 Å². The van der Waals surface area contributed by atoms with Gasteiger partial charge in [-0.15, -0.1) is 0 Å². The van der Waals surface area contributed by atoms with Gasteiger partial charge in [-0.05, 0) is 0 Å². The molecule has 0 saturated heterocycles. The van der Waals surface area contributed by atoms with E-state index >= 15 is 0 Å². The molecule has 25 valence electrons. The van der Waals surface area contributed by atoms with Gasteiger partial charge in [0.15, 0.2) is 0 Å². The summed E-state index contributed by atoms with van der Waals surface area (Å²) in [5.41, 5.74) is 0. The minimum atomic E-state index is -4.20. The molecule has 0 spiro atoms. The van der Waals surface area contributed by atoms with E-state index in [2.05, 4.69) is 0 Å². The van der Waals surface area contributed by atoms with Crippen molar-refractivity contribution in [2.75, 3.05) is 0 Å². The van der Waals surface area contributed by atoms with Gasteiger partial charge < -0.3 is 0 Å². The first-order chi connectivity index (χ1) is 1.73. The zero-order valence-electron chi connectivity index (χ0n) is 1.67. The Labute approximate surface area is 57.2 Å². The second-order valence-corrected chi connectivity index (χ2v) is 1.32. The molecule has 0 N–H and O–H groups in total. The second kappa shape index (κ2) is 5.14. The van der Waals surface area contributed by atoms with Gasteiger partial charge in [-0.2, -0.15) is 0 Å². The maximum atomic E-state index is 8.60. The van der Waals surface area contributed by atoms with E-state index in [-0.39, 0.29) is 29.6 Å². The van der Waals surface area contributed by atoms with E-state index in [0.29, 0.717) is 0 Å². The fraction of sp³-hybridized carbons (Fsp3) is 0. The van der Waals surface area contributed by atoms with Crippen molar-refractivity contribution in [1.29, 1.82) is 0 Å². The molecule has 0 radical (unpaired) electrons. The first-order valence-corrected chi connectivity index (χ1v) is 3.24. The van der Waals surface area contributed by atoms with Crippen molar-refractivity contribution in [2.45, 2.75) is 0 Å². The zero-order chi connectivity index (χ0) is 3.58. The summed E-state index contributed by atoms with van der Waals surface area (Å²) < 4.78 is 25.8. The van der Waals surface area contributed by atoms with Crippen LogP contribution in [-0.4, -0.2) is 29.6 Å². The standard InChI is InChI=1S/Na.Nb.3O.H. The van der Waals surface area contributed by atoms with Crippen molar-refractivity contribution in [2.24, 2.45) is 0 Å². The molecule has 0 unspecified atom stereocenters. The van der Waals surface area contributed by atoms with Crippen LogP contribution in [0.3, 0.4) is 0 Å². The van der Waals surface area contributed by atoms with E-state index in [1.54, 1.807) is 0 Å². The summed E-state index contributed by atoms with van der Waals surface area (Å²) in [6, 6.07) is 0. The molecule has 0 aliphatic carbocycles. The van der Waals surface area contributed by atoms with Gasteiger partial charge >= 0.3 is 57.7 Å². The van der Waals surface area contributed by atoms with Crippen LogP contribution in [0, 0.1) is 0 Å². The number of rotatable bonds is 0. The third-order valence-electron chi connectivity index (χ3n) is 0. The number of hydrogen-bond acceptors (Lipinski definition) is 3. The van der Waals surface area contributed by atoms with Crippen LogP contribution in [0.5, 0.6) is 0 Å². The van der Waals surface area contributed by atoms with Crippen LogP contribution in [0.15, 0.2) is 0 Å². The topological polar surface area (TPSA) is 51.2 Å². The summed E-state index contributed by atoms with van der Waals surface area (Å²) in [5, 5.41) is 0. The van der Waals surface area contributed by atoms with Crippen LogP contribution in [-0.2, 0) is 28.1 Å². The molecule has 0 heterocycles. The molecule has 0 saturated carbocycles. The monoisotopic (exact) mass is 165 g/mol. The summed E-state index contributed by atoms with van der Waals surface area (Å²) >= 11 is -4.20. The van der Waals surface area contributed by atoms with E-state index in [4.69, 9.17) is 9.75 Å². The van der Waals surface area contributed by atoms with Gasteiger partial charge in [0.1, 0.15) is 0 Å². The Morgan fingerprint density at radius 2 is 1.00 bits per heavy atom. The van der Waals surface area contributed by atoms with Gasteiger partial charge in [0.05, 0.1) is 0 Å². The molecule has 0 aromatic heterocycles. The Bertz CT molecular complexity index is 76.3. The molecular weight excluding hydrogens is 164 g/mol. The quantitative estimate of drug-likeness (QED) is 0.432. The molecule has 0 aromatic carbocycles. The van der Waals surface area contributed by atoms with Gasteiger partial charge in [0.25, 0.3) is 0 Å². The average molecular weight is 165 g/mol. The normalized spacial score (nSPS) is 4.80. The predicted octanol–water partition coefficient (Wildman–Crippen LogP) is -1.01. The summed E-state index contributed by atoms with van der Waals surface area (Å²) in [5.74, 6) is 0. The third-order valence-corrected chi connectivity index (χ3v) is 0. The molecular formula is HNaNbO3. The molecule has 0 rings (SSSR count).